The summed E-state index contributed by atoms with van der Waals surface area (Å²) in [7, 11) is 0. The topological polar surface area (TPSA) is 64.6 Å². The van der Waals surface area contributed by atoms with Crippen LogP contribution in [-0.4, -0.2) is 31.6 Å². The van der Waals surface area contributed by atoms with Crippen molar-refractivity contribution in [1.29, 1.82) is 0 Å². The van der Waals surface area contributed by atoms with Gasteiger partial charge in [-0.3, -0.25) is 9.59 Å². The second-order valence-electron chi connectivity index (χ2n) is 5.81. The number of carbonyl (C=O) groups excluding carboxylic acids is 2. The van der Waals surface area contributed by atoms with E-state index in [9.17, 15) is 9.59 Å². The monoisotopic (exact) mass is 403 g/mol. The van der Waals surface area contributed by atoms with Gasteiger partial charge < -0.3 is 14.8 Å². The van der Waals surface area contributed by atoms with E-state index in [1.165, 1.54) is 11.3 Å². The molecule has 0 atom stereocenters. The van der Waals surface area contributed by atoms with Gasteiger partial charge in [-0.25, -0.2) is 0 Å². The molecule has 0 aliphatic carbocycles. The second-order valence-corrected chi connectivity index (χ2v) is 7.24. The first-order chi connectivity index (χ1) is 13.0. The van der Waals surface area contributed by atoms with Crippen LogP contribution in [0.4, 0.5) is 0 Å². The molecule has 1 N–H and O–H groups in total. The summed E-state index contributed by atoms with van der Waals surface area (Å²) in [6.45, 7) is 2.09. The highest BCUT2D eigenvalue weighted by molar-refractivity contribution is 7.21. The van der Waals surface area contributed by atoms with Gasteiger partial charge in [-0.2, -0.15) is 0 Å². The Bertz CT molecular complexity index is 970. The summed E-state index contributed by atoms with van der Waals surface area (Å²) in [6, 6.07) is 15.1. The molecule has 2 aromatic carbocycles. The molecule has 0 fully saturated rings. The van der Waals surface area contributed by atoms with Gasteiger partial charge in [0.05, 0.1) is 5.02 Å². The zero-order chi connectivity index (χ0) is 19.2. The van der Waals surface area contributed by atoms with Crippen molar-refractivity contribution in [3.05, 3.63) is 64.0 Å². The van der Waals surface area contributed by atoms with Crippen LogP contribution in [0.1, 0.15) is 15.2 Å². The summed E-state index contributed by atoms with van der Waals surface area (Å²) >= 11 is 7.54. The molecule has 0 radical (unpaired) electrons. The number of hydrogen-bond acceptors (Lipinski definition) is 5. The number of hydrogen-bond donors (Lipinski definition) is 1. The number of halogens is 1. The number of aryl methyl sites for hydroxylation is 1. The lowest BCUT2D eigenvalue weighted by Crippen LogP contribution is -2.30. The van der Waals surface area contributed by atoms with Gasteiger partial charge in [0.25, 0.3) is 5.91 Å². The minimum absolute atomic E-state index is 0.103. The van der Waals surface area contributed by atoms with Crippen molar-refractivity contribution in [2.45, 2.75) is 6.92 Å². The number of esters is 1. The Kier molecular flexibility index (Phi) is 6.32. The first-order valence-electron chi connectivity index (χ1n) is 8.35. The summed E-state index contributed by atoms with van der Waals surface area (Å²) in [5.74, 6) is -0.207. The maximum atomic E-state index is 12.3. The molecule has 0 saturated carbocycles. The number of carbonyl (C=O) groups is 2. The minimum Gasteiger partial charge on any atom is -0.490 e. The first kappa shape index (κ1) is 19.2. The summed E-state index contributed by atoms with van der Waals surface area (Å²) in [6.07, 6.45) is 0. The lowest BCUT2D eigenvalue weighted by atomic mass is 10.2. The first-order valence-corrected chi connectivity index (χ1v) is 9.54. The van der Waals surface area contributed by atoms with E-state index in [0.717, 1.165) is 21.4 Å². The van der Waals surface area contributed by atoms with Crippen LogP contribution in [0.2, 0.25) is 5.02 Å². The number of amides is 1. The van der Waals surface area contributed by atoms with Crippen molar-refractivity contribution in [3.8, 4) is 5.75 Å². The third kappa shape index (κ3) is 4.99. The molecule has 3 rings (SSSR count). The van der Waals surface area contributed by atoms with Gasteiger partial charge in [-0.05, 0) is 30.7 Å². The third-order valence-corrected chi connectivity index (χ3v) is 5.41. The highest BCUT2D eigenvalue weighted by Gasteiger charge is 2.17. The number of benzene rings is 2. The fourth-order valence-corrected chi connectivity index (χ4v) is 3.90. The Morgan fingerprint density at radius 1 is 1.11 bits per heavy atom. The molecule has 0 aliphatic rings. The van der Waals surface area contributed by atoms with Gasteiger partial charge in [-0.15, -0.1) is 11.3 Å². The number of thiophene rings is 1. The number of ether oxygens (including phenoxy) is 2. The van der Waals surface area contributed by atoms with Crippen molar-refractivity contribution < 1.29 is 19.1 Å². The molecular formula is C20H18ClNO4S. The van der Waals surface area contributed by atoms with Gasteiger partial charge in [0.2, 0.25) is 0 Å². The fraction of sp³-hybridized carbons (Fsp3) is 0.200. The average molecular weight is 404 g/mol. The zero-order valence-electron chi connectivity index (χ0n) is 14.7. The second kappa shape index (κ2) is 8.88. The maximum Gasteiger partial charge on any atom is 0.325 e. The summed E-state index contributed by atoms with van der Waals surface area (Å²) < 4.78 is 11.5. The van der Waals surface area contributed by atoms with E-state index in [0.29, 0.717) is 9.90 Å². The summed E-state index contributed by atoms with van der Waals surface area (Å²) in [5.41, 5.74) is 1.09. The number of rotatable bonds is 7. The zero-order valence-corrected chi connectivity index (χ0v) is 16.2. The van der Waals surface area contributed by atoms with Crippen LogP contribution in [0.25, 0.3) is 10.1 Å². The van der Waals surface area contributed by atoms with Crippen molar-refractivity contribution in [2.24, 2.45) is 0 Å². The molecular weight excluding hydrogens is 386 g/mol. The molecule has 5 nitrogen and oxygen atoms in total. The largest absolute Gasteiger partial charge is 0.490 e. The van der Waals surface area contributed by atoms with E-state index in [4.69, 9.17) is 21.1 Å². The van der Waals surface area contributed by atoms with Crippen LogP contribution in [0.3, 0.4) is 0 Å². The number of nitrogens with one attached hydrogen (secondary N) is 1. The van der Waals surface area contributed by atoms with Crippen LogP contribution in [0, 0.1) is 6.92 Å². The van der Waals surface area contributed by atoms with Crippen LogP contribution in [-0.2, 0) is 9.53 Å². The van der Waals surface area contributed by atoms with Crippen molar-refractivity contribution in [1.82, 2.24) is 5.32 Å². The molecule has 1 aromatic heterocycles. The highest BCUT2D eigenvalue weighted by Crippen LogP contribution is 2.34. The van der Waals surface area contributed by atoms with E-state index >= 15 is 0 Å². The molecule has 1 heterocycles. The van der Waals surface area contributed by atoms with Crippen molar-refractivity contribution in [2.75, 3.05) is 19.8 Å². The molecule has 27 heavy (non-hydrogen) atoms. The van der Waals surface area contributed by atoms with Crippen molar-refractivity contribution >= 4 is 44.9 Å². The predicted octanol–water partition coefficient (Wildman–Crippen LogP) is 4.22. The van der Waals surface area contributed by atoms with Crippen molar-refractivity contribution in [3.63, 3.8) is 0 Å². The third-order valence-electron chi connectivity index (χ3n) is 3.74. The van der Waals surface area contributed by atoms with Gasteiger partial charge in [-0.1, -0.05) is 41.9 Å². The van der Waals surface area contributed by atoms with Crippen LogP contribution in [0.15, 0.2) is 48.5 Å². The molecule has 7 heteroatoms. The van der Waals surface area contributed by atoms with Gasteiger partial charge in [0.15, 0.2) is 0 Å². The van der Waals surface area contributed by atoms with E-state index in [1.807, 2.05) is 55.5 Å². The molecule has 0 saturated heterocycles. The Balaban J connectivity index is 1.43. The van der Waals surface area contributed by atoms with Gasteiger partial charge in [0.1, 0.15) is 30.4 Å². The summed E-state index contributed by atoms with van der Waals surface area (Å²) in [4.78, 5) is 24.4. The molecule has 0 bridgehead atoms. The molecule has 0 spiro atoms. The smallest absolute Gasteiger partial charge is 0.325 e. The average Bonchev–Trinajstić information content (AvgIpc) is 3.00. The molecule has 140 valence electrons. The van der Waals surface area contributed by atoms with Crippen LogP contribution < -0.4 is 10.1 Å². The van der Waals surface area contributed by atoms with E-state index in [-0.39, 0.29) is 19.8 Å². The Labute approximate surface area is 165 Å². The molecule has 3 aromatic rings. The lowest BCUT2D eigenvalue weighted by Gasteiger charge is -2.08. The maximum absolute atomic E-state index is 12.3. The normalized spacial score (nSPS) is 10.6. The Morgan fingerprint density at radius 3 is 2.70 bits per heavy atom. The lowest BCUT2D eigenvalue weighted by molar-refractivity contribution is -0.143. The Morgan fingerprint density at radius 2 is 1.93 bits per heavy atom. The SMILES string of the molecule is Cc1cccc(OCCOC(=O)CNC(=O)c2sc3ccccc3c2Cl)c1. The summed E-state index contributed by atoms with van der Waals surface area (Å²) in [5, 5.41) is 3.76. The standard InChI is InChI=1S/C20H18ClNO4S/c1-13-5-4-6-14(11-13)25-9-10-26-17(23)12-22-20(24)19-18(21)15-7-2-3-8-16(15)27-19/h2-8,11H,9-10,12H2,1H3,(H,22,24). The van der Waals surface area contributed by atoms with Crippen LogP contribution >= 0.6 is 22.9 Å². The Hall–Kier alpha value is -2.57. The van der Waals surface area contributed by atoms with Gasteiger partial charge >= 0.3 is 5.97 Å². The highest BCUT2D eigenvalue weighted by atomic mass is 35.5. The molecule has 0 unspecified atom stereocenters. The van der Waals surface area contributed by atoms with E-state index in [1.54, 1.807) is 0 Å². The predicted molar refractivity (Wildman–Crippen MR) is 107 cm³/mol. The van der Waals surface area contributed by atoms with E-state index in [2.05, 4.69) is 5.32 Å². The number of fused-ring (bicyclic) bond motifs is 1. The molecule has 0 aliphatic heterocycles. The minimum atomic E-state index is -0.534. The van der Waals surface area contributed by atoms with Gasteiger partial charge in [0, 0.05) is 10.1 Å². The fourth-order valence-electron chi connectivity index (χ4n) is 2.46. The van der Waals surface area contributed by atoms with E-state index < -0.39 is 11.9 Å². The van der Waals surface area contributed by atoms with Crippen LogP contribution in [0.5, 0.6) is 5.75 Å². The molecule has 1 amide bonds. The quantitative estimate of drug-likeness (QED) is 0.474.